The molecule has 0 bridgehead atoms. The van der Waals surface area contributed by atoms with E-state index in [-0.39, 0.29) is 39.7 Å². The number of halogens is 2. The first-order valence-corrected chi connectivity index (χ1v) is 3.70. The molecule has 2 aromatic rings. The van der Waals surface area contributed by atoms with Gasteiger partial charge in [-0.2, -0.15) is 0 Å². The number of pyridine rings is 2. The first-order valence-electron chi connectivity index (χ1n) is 3.70. The van der Waals surface area contributed by atoms with E-state index in [1.54, 1.807) is 24.8 Å². The first-order chi connectivity index (χ1) is 6.00. The summed E-state index contributed by atoms with van der Waals surface area (Å²) in [5.41, 5.74) is 0. The van der Waals surface area contributed by atoms with Crippen LogP contribution in [0.3, 0.4) is 0 Å². The molecule has 0 aliphatic heterocycles. The van der Waals surface area contributed by atoms with Crippen molar-refractivity contribution >= 4 is 24.8 Å². The number of aromatic nitrogens is 2. The molecule has 0 radical (unpaired) electrons. The van der Waals surface area contributed by atoms with Gasteiger partial charge < -0.3 is 0 Å². The maximum Gasteiger partial charge on any atom is 0.0267 e. The zero-order valence-electron chi connectivity index (χ0n) is 7.48. The molecule has 0 N–H and O–H groups in total. The lowest BCUT2D eigenvalue weighted by atomic mass is 10.5. The van der Waals surface area contributed by atoms with Gasteiger partial charge in [0.15, 0.2) is 0 Å². The van der Waals surface area contributed by atoms with Gasteiger partial charge in [-0.05, 0) is 24.3 Å². The molecule has 0 aromatic carbocycles. The molecule has 0 saturated heterocycles. The highest BCUT2D eigenvalue weighted by atomic mass is 35.5. The van der Waals surface area contributed by atoms with Crippen molar-refractivity contribution in [1.29, 1.82) is 0 Å². The Bertz CT molecular complexity index is 192. The predicted molar refractivity (Wildman–Crippen MR) is 76.4 cm³/mol. The molecular formula is C12H20Cl2N2. The monoisotopic (exact) mass is 262 g/mol. The van der Waals surface area contributed by atoms with E-state index in [0.717, 1.165) is 0 Å². The molecule has 16 heavy (non-hydrogen) atoms. The van der Waals surface area contributed by atoms with Gasteiger partial charge in [-0.15, -0.1) is 24.8 Å². The van der Waals surface area contributed by atoms with E-state index in [0.29, 0.717) is 0 Å². The summed E-state index contributed by atoms with van der Waals surface area (Å²) in [4.78, 5) is 7.57. The summed E-state index contributed by atoms with van der Waals surface area (Å²) in [6.45, 7) is 0. The van der Waals surface area contributed by atoms with Crippen LogP contribution < -0.4 is 0 Å². The molecule has 2 rings (SSSR count). The normalized spacial score (nSPS) is 6.00. The molecule has 0 amide bonds. The van der Waals surface area contributed by atoms with Gasteiger partial charge in [0.2, 0.25) is 0 Å². The van der Waals surface area contributed by atoms with Crippen molar-refractivity contribution in [2.24, 2.45) is 0 Å². The minimum absolute atomic E-state index is 0. The molecule has 0 unspecified atom stereocenters. The van der Waals surface area contributed by atoms with Gasteiger partial charge in [0.25, 0.3) is 0 Å². The zero-order valence-corrected chi connectivity index (χ0v) is 9.12. The summed E-state index contributed by atoms with van der Waals surface area (Å²) < 4.78 is 0. The highest BCUT2D eigenvalue weighted by Crippen LogP contribution is 1.74. The molecule has 0 aliphatic rings. The second-order valence-electron chi connectivity index (χ2n) is 2.05. The van der Waals surface area contributed by atoms with Crippen molar-refractivity contribution < 1.29 is 0 Å². The second kappa shape index (κ2) is 19.5. The minimum atomic E-state index is 0. The smallest absolute Gasteiger partial charge is 0.0267 e. The Kier molecular flexibility index (Phi) is 29.4. The molecule has 92 valence electrons. The fourth-order valence-electron chi connectivity index (χ4n) is 0.625. The van der Waals surface area contributed by atoms with E-state index in [2.05, 4.69) is 9.97 Å². The number of rotatable bonds is 0. The van der Waals surface area contributed by atoms with E-state index in [9.17, 15) is 0 Å². The van der Waals surface area contributed by atoms with Gasteiger partial charge >= 0.3 is 0 Å². The van der Waals surface area contributed by atoms with Crippen molar-refractivity contribution in [3.63, 3.8) is 0 Å². The lowest BCUT2D eigenvalue weighted by Gasteiger charge is -1.70. The predicted octanol–water partition coefficient (Wildman–Crippen LogP) is 4.28. The van der Waals surface area contributed by atoms with Crippen LogP contribution in [0.25, 0.3) is 0 Å². The van der Waals surface area contributed by atoms with Gasteiger partial charge in [0.1, 0.15) is 0 Å². The maximum absolute atomic E-state index is 3.78. The third kappa shape index (κ3) is 15.4. The van der Waals surface area contributed by atoms with Crippen LogP contribution in [0.4, 0.5) is 0 Å². The Hall–Kier alpha value is -1.12. The van der Waals surface area contributed by atoms with Crippen molar-refractivity contribution in [2.75, 3.05) is 0 Å². The molecule has 2 heterocycles. The van der Waals surface area contributed by atoms with Crippen molar-refractivity contribution in [2.45, 2.75) is 14.9 Å². The molecule has 2 nitrogen and oxygen atoms in total. The molecule has 2 aromatic heterocycles. The van der Waals surface area contributed by atoms with E-state index in [1.807, 2.05) is 36.4 Å². The largest absolute Gasteiger partial charge is 0.265 e. The molecular weight excluding hydrogens is 243 g/mol. The molecule has 0 spiro atoms. The van der Waals surface area contributed by atoms with Crippen molar-refractivity contribution in [1.82, 2.24) is 9.97 Å². The fourth-order valence-corrected chi connectivity index (χ4v) is 0.625. The maximum atomic E-state index is 3.78. The van der Waals surface area contributed by atoms with Gasteiger partial charge in [-0.3, -0.25) is 9.97 Å². The molecule has 0 fully saturated rings. The van der Waals surface area contributed by atoms with Crippen LogP contribution in [0.1, 0.15) is 14.9 Å². The lowest BCUT2D eigenvalue weighted by molar-refractivity contribution is 1.33. The summed E-state index contributed by atoms with van der Waals surface area (Å²) in [5.74, 6) is 0. The van der Waals surface area contributed by atoms with Crippen molar-refractivity contribution in [3.8, 4) is 0 Å². The van der Waals surface area contributed by atoms with E-state index >= 15 is 0 Å². The number of hydrogen-bond acceptors (Lipinski definition) is 2. The van der Waals surface area contributed by atoms with Gasteiger partial charge in [0.05, 0.1) is 0 Å². The van der Waals surface area contributed by atoms with Gasteiger partial charge in [0, 0.05) is 24.8 Å². The Morgan fingerprint density at radius 3 is 0.750 bits per heavy atom. The third-order valence-electron chi connectivity index (χ3n) is 1.13. The zero-order chi connectivity index (χ0) is 8.49. The van der Waals surface area contributed by atoms with Crippen LogP contribution in [-0.2, 0) is 0 Å². The average molecular weight is 263 g/mol. The van der Waals surface area contributed by atoms with Crippen LogP contribution >= 0.6 is 24.8 Å². The number of hydrogen-bond donors (Lipinski definition) is 0. The highest BCUT2D eigenvalue weighted by molar-refractivity contribution is 5.85. The number of nitrogens with zero attached hydrogens (tertiary/aromatic N) is 2. The first kappa shape index (κ1) is 24.2. The van der Waals surface area contributed by atoms with E-state index in [1.165, 1.54) is 0 Å². The Morgan fingerprint density at radius 1 is 0.438 bits per heavy atom. The summed E-state index contributed by atoms with van der Waals surface area (Å²) >= 11 is 0. The molecule has 0 saturated carbocycles. The van der Waals surface area contributed by atoms with Crippen LogP contribution in [0.15, 0.2) is 61.2 Å². The lowest BCUT2D eigenvalue weighted by Crippen LogP contribution is -1.58. The SMILES string of the molecule is C.C.Cl.Cl.c1ccncc1.c1ccncc1. The molecule has 0 atom stereocenters. The average Bonchev–Trinajstić information content (AvgIpc) is 2.24. The Labute approximate surface area is 111 Å². The van der Waals surface area contributed by atoms with Crippen LogP contribution in [0.5, 0.6) is 0 Å². The summed E-state index contributed by atoms with van der Waals surface area (Å²) in [7, 11) is 0. The quantitative estimate of drug-likeness (QED) is 0.709. The minimum Gasteiger partial charge on any atom is -0.265 e. The Balaban J connectivity index is -0.0000000720. The third-order valence-corrected chi connectivity index (χ3v) is 1.13. The van der Waals surface area contributed by atoms with Crippen LogP contribution in [-0.4, -0.2) is 9.97 Å². The molecule has 0 aliphatic carbocycles. The Morgan fingerprint density at radius 2 is 0.688 bits per heavy atom. The summed E-state index contributed by atoms with van der Waals surface area (Å²) in [5, 5.41) is 0. The van der Waals surface area contributed by atoms with E-state index < -0.39 is 0 Å². The second-order valence-corrected chi connectivity index (χ2v) is 2.05. The van der Waals surface area contributed by atoms with Crippen molar-refractivity contribution in [3.05, 3.63) is 61.2 Å². The standard InChI is InChI=1S/2C5H5N.2CH4.2ClH/c2*1-2-4-6-5-3-1;;;;/h2*1-5H;2*1H4;2*1H. The van der Waals surface area contributed by atoms with Gasteiger partial charge in [-0.1, -0.05) is 27.0 Å². The van der Waals surface area contributed by atoms with Crippen LogP contribution in [0.2, 0.25) is 0 Å². The van der Waals surface area contributed by atoms with E-state index in [4.69, 9.17) is 0 Å². The van der Waals surface area contributed by atoms with Gasteiger partial charge in [-0.25, -0.2) is 0 Å². The summed E-state index contributed by atoms with van der Waals surface area (Å²) in [6, 6.07) is 11.4. The van der Waals surface area contributed by atoms with Crippen LogP contribution in [0, 0.1) is 0 Å². The topological polar surface area (TPSA) is 25.8 Å². The molecule has 4 heteroatoms. The summed E-state index contributed by atoms with van der Waals surface area (Å²) in [6.07, 6.45) is 7.00. The highest BCUT2D eigenvalue weighted by Gasteiger charge is 1.59. The fraction of sp³-hybridized carbons (Fsp3) is 0.167.